The van der Waals surface area contributed by atoms with Gasteiger partial charge in [0.15, 0.2) is 0 Å². The van der Waals surface area contributed by atoms with Gasteiger partial charge in [-0.25, -0.2) is 0 Å². The van der Waals surface area contributed by atoms with Crippen molar-refractivity contribution in [1.29, 1.82) is 0 Å². The third-order valence-corrected chi connectivity index (χ3v) is 0. The molecule has 0 aromatic carbocycles. The summed E-state index contributed by atoms with van der Waals surface area (Å²) in [6, 6.07) is 0. The van der Waals surface area contributed by atoms with Crippen LogP contribution in [0.4, 0.5) is 0 Å². The van der Waals surface area contributed by atoms with Gasteiger partial charge in [-0.05, 0) is 0 Å². The van der Waals surface area contributed by atoms with E-state index in [4.69, 9.17) is 0 Å². The van der Waals surface area contributed by atoms with Gasteiger partial charge in [-0.15, -0.1) is 0 Å². The van der Waals surface area contributed by atoms with Crippen LogP contribution in [0, 0.1) is 39.9 Å². The summed E-state index contributed by atoms with van der Waals surface area (Å²) in [6.45, 7) is 0. The van der Waals surface area contributed by atoms with Gasteiger partial charge in [0, 0.05) is 84.5 Å². The number of hydrogen-bond donors (Lipinski definition) is 0. The first kappa shape index (κ1) is 31.1. The molecule has 0 rings (SSSR count). The third kappa shape index (κ3) is 8.82. The number of hydrogen-bond acceptors (Lipinski definition) is 0. The molecule has 24 valence electrons. The summed E-state index contributed by atoms with van der Waals surface area (Å²) >= 11 is 0. The maximum atomic E-state index is 0. The van der Waals surface area contributed by atoms with Crippen LogP contribution in [-0.2, 0) is 17.1 Å². The normalized spacial score (nSPS) is 0. The second-order valence-corrected chi connectivity index (χ2v) is 0. The van der Waals surface area contributed by atoms with Crippen molar-refractivity contribution in [2.24, 2.45) is 0 Å². The van der Waals surface area contributed by atoms with Crippen molar-refractivity contribution in [3.05, 3.63) is 0 Å². The van der Waals surface area contributed by atoms with Crippen LogP contribution in [-0.4, -0.2) is 27.5 Å². The van der Waals surface area contributed by atoms with Gasteiger partial charge in [0.25, 0.3) is 0 Å². The zero-order valence-electron chi connectivity index (χ0n) is 1.94. The fourth-order valence-corrected chi connectivity index (χ4v) is 0. The van der Waals surface area contributed by atoms with Gasteiger partial charge in [0.2, 0.25) is 0 Å². The maximum Gasteiger partial charge on any atom is 0 e. The fraction of sp³-hybridized carbons (Fsp3) is 0. The summed E-state index contributed by atoms with van der Waals surface area (Å²) in [5.74, 6) is 0. The second kappa shape index (κ2) is 17.7. The van der Waals surface area contributed by atoms with E-state index in [9.17, 15) is 0 Å². The molecule has 0 aliphatic rings. The van der Waals surface area contributed by atoms with Crippen LogP contribution in [0.3, 0.4) is 0 Å². The molecule has 0 N–H and O–H groups in total. The quantitative estimate of drug-likeness (QED) is 0.500. The predicted molar refractivity (Wildman–Crippen MR) is 11.5 cm³/mol. The van der Waals surface area contributed by atoms with Crippen molar-refractivity contribution < 1.29 is 57.0 Å². The van der Waals surface area contributed by atoms with E-state index in [1.165, 1.54) is 0 Å². The molecule has 0 spiro atoms. The van der Waals surface area contributed by atoms with Gasteiger partial charge in [0.1, 0.15) is 0 Å². The summed E-state index contributed by atoms with van der Waals surface area (Å²) in [4.78, 5) is 0. The Morgan fingerprint density at radius 1 is 1.00 bits per heavy atom. The van der Waals surface area contributed by atoms with Crippen molar-refractivity contribution in [2.75, 3.05) is 0 Å². The Morgan fingerprint density at radius 3 is 1.00 bits per heavy atom. The first-order valence-electron chi connectivity index (χ1n) is 0. The Morgan fingerprint density at radius 2 is 1.00 bits per heavy atom. The first-order chi connectivity index (χ1) is 0. The minimum absolute atomic E-state index is 0. The van der Waals surface area contributed by atoms with Crippen molar-refractivity contribution in [1.82, 2.24) is 0 Å². The average molecular weight is 257 g/mol. The van der Waals surface area contributed by atoms with Crippen LogP contribution in [0.1, 0.15) is 0 Å². The van der Waals surface area contributed by atoms with E-state index in [0.29, 0.717) is 0 Å². The molecule has 4 heavy (non-hydrogen) atoms. The van der Waals surface area contributed by atoms with Gasteiger partial charge >= 0.3 is 0 Å². The first-order valence-corrected chi connectivity index (χ1v) is 0. The summed E-state index contributed by atoms with van der Waals surface area (Å²) < 4.78 is 0. The molecule has 0 bridgehead atoms. The molecule has 0 amide bonds. The molecule has 0 nitrogen and oxygen atoms in total. The van der Waals surface area contributed by atoms with Gasteiger partial charge in [0.05, 0.1) is 0 Å². The molecule has 0 saturated carbocycles. The molecule has 0 atom stereocenters. The van der Waals surface area contributed by atoms with Crippen molar-refractivity contribution in [3.8, 4) is 0 Å². The van der Waals surface area contributed by atoms with Crippen LogP contribution < -0.4 is 0 Å². The van der Waals surface area contributed by atoms with E-state index in [1.54, 1.807) is 0 Å². The van der Waals surface area contributed by atoms with Gasteiger partial charge < -0.3 is 0 Å². The summed E-state index contributed by atoms with van der Waals surface area (Å²) in [6.07, 6.45) is 0. The van der Waals surface area contributed by atoms with E-state index in [2.05, 4.69) is 0 Å². The minimum atomic E-state index is 0. The van der Waals surface area contributed by atoms with E-state index >= 15 is 0 Å². The van der Waals surface area contributed by atoms with E-state index < -0.39 is 0 Å². The Balaban J connectivity index is 0. The van der Waals surface area contributed by atoms with Crippen molar-refractivity contribution >= 4 is 27.5 Å². The summed E-state index contributed by atoms with van der Waals surface area (Å²) in [5.41, 5.74) is 0. The monoisotopic (exact) mass is 257 g/mol. The summed E-state index contributed by atoms with van der Waals surface area (Å²) in [5, 5.41) is 0. The SMILES string of the molecule is [Al].[Be].[Cu].[Gd]. The topological polar surface area (TPSA) is 0 Å². The molecule has 4 heteroatoms. The Labute approximate surface area is 83.0 Å². The Hall–Kier alpha value is 2.55. The fourth-order valence-electron chi connectivity index (χ4n) is 0. The standard InChI is InChI=1S/Al.Be.Cu.Gd. The average Bonchev–Trinajstić information content (AvgIpc) is 0. The minimum Gasteiger partial charge on any atom is 0 e. The van der Waals surface area contributed by atoms with Crippen LogP contribution in [0.25, 0.3) is 0 Å². The van der Waals surface area contributed by atoms with Crippen molar-refractivity contribution in [3.63, 3.8) is 0 Å². The largest absolute Gasteiger partial charge is 0 e. The smallest absolute Gasteiger partial charge is 0 e. The van der Waals surface area contributed by atoms with Gasteiger partial charge in [-0.2, -0.15) is 0 Å². The summed E-state index contributed by atoms with van der Waals surface area (Å²) in [7, 11) is 0. The second-order valence-electron chi connectivity index (χ2n) is 0. The molecule has 0 aromatic heterocycles. The zero-order valence-corrected chi connectivity index (χ0v) is 6.30. The molecule has 0 saturated heterocycles. The van der Waals surface area contributed by atoms with Crippen LogP contribution >= 0.6 is 0 Å². The molecule has 0 aromatic rings. The predicted octanol–water partition coefficient (Wildman–Crippen LogP) is -0.764. The molecule has 0 unspecified atom stereocenters. The molecule has 0 aliphatic heterocycles. The third-order valence-electron chi connectivity index (χ3n) is 0. The van der Waals surface area contributed by atoms with E-state index in [1.807, 2.05) is 0 Å². The maximum absolute atomic E-state index is 0. The van der Waals surface area contributed by atoms with Crippen LogP contribution in [0.2, 0.25) is 0 Å². The van der Waals surface area contributed by atoms with E-state index in [0.717, 1.165) is 0 Å². The molecular weight excluding hydrogens is 257 g/mol. The molecule has 6 radical (unpaired) electrons. The van der Waals surface area contributed by atoms with Crippen LogP contribution in [0.5, 0.6) is 0 Å². The molecule has 0 heterocycles. The number of rotatable bonds is 0. The Bertz CT molecular complexity index is 8.00. The van der Waals surface area contributed by atoms with Gasteiger partial charge in [-0.1, -0.05) is 0 Å². The van der Waals surface area contributed by atoms with Crippen molar-refractivity contribution in [2.45, 2.75) is 0 Å². The van der Waals surface area contributed by atoms with Gasteiger partial charge in [-0.3, -0.25) is 0 Å². The zero-order chi connectivity index (χ0) is 0. The molecule has 0 fully saturated rings. The Kier molecular flexibility index (Phi) is 137. The van der Waals surface area contributed by atoms with E-state index in [-0.39, 0.29) is 84.5 Å². The molecule has 0 aliphatic carbocycles. The molecular formula is AlBeCuGd. The van der Waals surface area contributed by atoms with Crippen LogP contribution in [0.15, 0.2) is 0 Å².